The molecule has 2 aliphatic rings. The van der Waals surface area contributed by atoms with E-state index in [0.29, 0.717) is 35.9 Å². The van der Waals surface area contributed by atoms with Crippen LogP contribution in [0.5, 0.6) is 0 Å². The van der Waals surface area contributed by atoms with Gasteiger partial charge in [0, 0.05) is 61.4 Å². The number of pyridine rings is 1. The number of hydrogen-bond donors (Lipinski definition) is 1. The SMILES string of the molecule is Cc1nc(N2CCN(C(Cc3ccccc3)C3=COCO3)CC2)nc2c1ccc(=O)n2-c1ccc(C(=O)NCc2ccc(F)cc2F)cc1. The van der Waals surface area contributed by atoms with Crippen LogP contribution in [0.15, 0.2) is 102 Å². The van der Waals surface area contributed by atoms with Crippen LogP contribution in [0.2, 0.25) is 0 Å². The summed E-state index contributed by atoms with van der Waals surface area (Å²) in [5.41, 5.74) is 3.16. The van der Waals surface area contributed by atoms with Crippen molar-refractivity contribution in [2.45, 2.75) is 25.9 Å². The van der Waals surface area contributed by atoms with Crippen molar-refractivity contribution in [3.63, 3.8) is 0 Å². The Morgan fingerprint density at radius 2 is 1.71 bits per heavy atom. The molecule has 0 aliphatic carbocycles. The second-order valence-corrected chi connectivity index (χ2v) is 12.0. The average molecular weight is 665 g/mol. The van der Waals surface area contributed by atoms with Crippen LogP contribution in [0.25, 0.3) is 16.7 Å². The quantitative estimate of drug-likeness (QED) is 0.238. The topological polar surface area (TPSA) is 102 Å². The summed E-state index contributed by atoms with van der Waals surface area (Å²) in [5.74, 6) is -0.497. The lowest BCUT2D eigenvalue weighted by atomic mass is 10.0. The van der Waals surface area contributed by atoms with Gasteiger partial charge in [-0.1, -0.05) is 36.4 Å². The molecular weight excluding hydrogens is 630 g/mol. The van der Waals surface area contributed by atoms with Crippen LogP contribution >= 0.6 is 0 Å². The number of nitrogens with zero attached hydrogens (tertiary/aromatic N) is 5. The van der Waals surface area contributed by atoms with Gasteiger partial charge in [-0.3, -0.25) is 19.1 Å². The number of carbonyl (C=O) groups excluding carboxylic acids is 1. The molecule has 1 unspecified atom stereocenters. The molecule has 2 aliphatic heterocycles. The number of piperazine rings is 1. The zero-order valence-corrected chi connectivity index (χ0v) is 26.8. The molecule has 1 saturated heterocycles. The number of benzene rings is 3. The first kappa shape index (κ1) is 32.0. The summed E-state index contributed by atoms with van der Waals surface area (Å²) in [6.07, 6.45) is 2.50. The van der Waals surface area contributed by atoms with E-state index in [9.17, 15) is 18.4 Å². The Morgan fingerprint density at radius 1 is 0.939 bits per heavy atom. The third-order valence-electron chi connectivity index (χ3n) is 8.90. The summed E-state index contributed by atoms with van der Waals surface area (Å²) in [6, 6.07) is 23.3. The molecule has 250 valence electrons. The number of fused-ring (bicyclic) bond motifs is 1. The van der Waals surface area contributed by atoms with Crippen molar-refractivity contribution >= 4 is 22.9 Å². The Morgan fingerprint density at radius 3 is 2.43 bits per heavy atom. The number of nitrogens with one attached hydrogen (secondary N) is 1. The lowest BCUT2D eigenvalue weighted by Gasteiger charge is -2.39. The number of anilines is 1. The lowest BCUT2D eigenvalue weighted by Crippen LogP contribution is -2.52. The van der Waals surface area contributed by atoms with E-state index in [4.69, 9.17) is 19.4 Å². The molecule has 7 rings (SSSR count). The number of hydrogen-bond acceptors (Lipinski definition) is 8. The number of carbonyl (C=O) groups is 1. The highest BCUT2D eigenvalue weighted by Gasteiger charge is 2.31. The Hall–Kier alpha value is -5.62. The number of aromatic nitrogens is 3. The fourth-order valence-corrected chi connectivity index (χ4v) is 6.25. The van der Waals surface area contributed by atoms with Gasteiger partial charge in [-0.2, -0.15) is 4.98 Å². The van der Waals surface area contributed by atoms with Crippen molar-refractivity contribution in [2.75, 3.05) is 37.9 Å². The van der Waals surface area contributed by atoms with Gasteiger partial charge in [0.05, 0.1) is 17.4 Å². The Labute approximate surface area is 281 Å². The molecule has 1 amide bonds. The molecule has 0 radical (unpaired) electrons. The largest absolute Gasteiger partial charge is 0.462 e. The minimum absolute atomic E-state index is 0.0330. The summed E-state index contributed by atoms with van der Waals surface area (Å²) in [6.45, 7) is 4.86. The number of ether oxygens (including phenoxy) is 2. The van der Waals surface area contributed by atoms with Crippen LogP contribution in [0.4, 0.5) is 14.7 Å². The molecule has 3 aromatic carbocycles. The van der Waals surface area contributed by atoms with E-state index in [1.54, 1.807) is 36.6 Å². The van der Waals surface area contributed by atoms with Crippen molar-refractivity contribution in [1.82, 2.24) is 24.8 Å². The van der Waals surface area contributed by atoms with E-state index in [1.807, 2.05) is 25.1 Å². The molecule has 5 aromatic rings. The standard InChI is InChI=1S/C37H34F2N6O4/c1-24-30-13-14-34(46)45(29-11-8-26(9-12-29)36(47)40-21-27-7-10-28(38)20-31(27)39)35(30)42-37(41-24)44-17-15-43(16-18-44)32(33-22-48-23-49-33)19-25-5-3-2-4-6-25/h2-14,20,22,32H,15-19,21,23H2,1H3,(H,40,47). The molecule has 49 heavy (non-hydrogen) atoms. The molecule has 12 heteroatoms. The molecule has 1 fully saturated rings. The average Bonchev–Trinajstić information content (AvgIpc) is 3.66. The van der Waals surface area contributed by atoms with Gasteiger partial charge in [-0.25, -0.2) is 13.8 Å². The van der Waals surface area contributed by atoms with Crippen molar-refractivity contribution in [2.24, 2.45) is 0 Å². The molecule has 1 N–H and O–H groups in total. The van der Waals surface area contributed by atoms with E-state index < -0.39 is 17.5 Å². The third kappa shape index (κ3) is 6.86. The highest BCUT2D eigenvalue weighted by atomic mass is 19.1. The smallest absolute Gasteiger partial charge is 0.256 e. The van der Waals surface area contributed by atoms with Crippen molar-refractivity contribution in [3.05, 3.63) is 141 Å². The lowest BCUT2D eigenvalue weighted by molar-refractivity contribution is 0.0579. The summed E-state index contributed by atoms with van der Waals surface area (Å²) >= 11 is 0. The van der Waals surface area contributed by atoms with Crippen molar-refractivity contribution in [3.8, 4) is 5.69 Å². The van der Waals surface area contributed by atoms with Crippen LogP contribution in [-0.2, 0) is 22.4 Å². The number of rotatable bonds is 9. The van der Waals surface area contributed by atoms with Gasteiger partial charge in [0.25, 0.3) is 11.5 Å². The van der Waals surface area contributed by atoms with E-state index in [0.717, 1.165) is 48.5 Å². The first-order chi connectivity index (χ1) is 23.8. The maximum Gasteiger partial charge on any atom is 0.256 e. The fraction of sp³-hybridized carbons (Fsp3) is 0.243. The van der Waals surface area contributed by atoms with Gasteiger partial charge in [0.15, 0.2) is 11.4 Å². The van der Waals surface area contributed by atoms with Crippen LogP contribution in [0, 0.1) is 18.6 Å². The number of halogens is 2. The molecular formula is C37H34F2N6O4. The highest BCUT2D eigenvalue weighted by Crippen LogP contribution is 2.25. The van der Waals surface area contributed by atoms with Crippen LogP contribution in [-0.4, -0.2) is 64.4 Å². The van der Waals surface area contributed by atoms with Gasteiger partial charge in [0.1, 0.15) is 17.9 Å². The van der Waals surface area contributed by atoms with Crippen molar-refractivity contribution in [1.29, 1.82) is 0 Å². The van der Waals surface area contributed by atoms with Gasteiger partial charge in [-0.15, -0.1) is 0 Å². The summed E-state index contributed by atoms with van der Waals surface area (Å²) in [4.78, 5) is 40.3. The zero-order valence-electron chi connectivity index (χ0n) is 26.8. The van der Waals surface area contributed by atoms with E-state index in [-0.39, 0.29) is 30.5 Å². The summed E-state index contributed by atoms with van der Waals surface area (Å²) < 4.78 is 40.0. The van der Waals surface area contributed by atoms with Crippen LogP contribution in [0.1, 0.15) is 27.2 Å². The van der Waals surface area contributed by atoms with Gasteiger partial charge < -0.3 is 19.7 Å². The molecule has 0 bridgehead atoms. The second-order valence-electron chi connectivity index (χ2n) is 12.0. The third-order valence-corrected chi connectivity index (χ3v) is 8.90. The predicted octanol–water partition coefficient (Wildman–Crippen LogP) is 4.88. The maximum absolute atomic E-state index is 14.0. The molecule has 2 aromatic heterocycles. The minimum Gasteiger partial charge on any atom is -0.462 e. The minimum atomic E-state index is -0.733. The Balaban J connectivity index is 1.09. The molecule has 10 nitrogen and oxygen atoms in total. The molecule has 1 atom stereocenters. The second kappa shape index (κ2) is 13.9. The van der Waals surface area contributed by atoms with E-state index in [2.05, 4.69) is 27.2 Å². The molecule has 4 heterocycles. The first-order valence-corrected chi connectivity index (χ1v) is 16.0. The molecule has 0 spiro atoms. The first-order valence-electron chi connectivity index (χ1n) is 16.0. The van der Waals surface area contributed by atoms with E-state index in [1.165, 1.54) is 22.3 Å². The summed E-state index contributed by atoms with van der Waals surface area (Å²) in [5, 5.41) is 3.38. The van der Waals surface area contributed by atoms with Gasteiger partial charge in [-0.05, 0) is 55.3 Å². The number of amides is 1. The number of aryl methyl sites for hydroxylation is 1. The Kier molecular flexibility index (Phi) is 9.03. The van der Waals surface area contributed by atoms with Crippen molar-refractivity contribution < 1.29 is 23.0 Å². The Bertz CT molecular complexity index is 2080. The zero-order chi connectivity index (χ0) is 33.9. The monoisotopic (exact) mass is 664 g/mol. The normalized spacial score (nSPS) is 15.4. The summed E-state index contributed by atoms with van der Waals surface area (Å²) in [7, 11) is 0. The van der Waals surface area contributed by atoms with Crippen LogP contribution < -0.4 is 15.8 Å². The van der Waals surface area contributed by atoms with Crippen LogP contribution in [0.3, 0.4) is 0 Å². The van der Waals surface area contributed by atoms with E-state index >= 15 is 0 Å². The molecule has 0 saturated carbocycles. The maximum atomic E-state index is 14.0. The highest BCUT2D eigenvalue weighted by molar-refractivity contribution is 5.94. The van der Waals surface area contributed by atoms with Gasteiger partial charge >= 0.3 is 0 Å². The predicted molar refractivity (Wildman–Crippen MR) is 180 cm³/mol. The van der Waals surface area contributed by atoms with Gasteiger partial charge in [0.2, 0.25) is 12.7 Å². The fourth-order valence-electron chi connectivity index (χ4n) is 6.25.